The highest BCUT2D eigenvalue weighted by Gasteiger charge is 2.22. The Kier molecular flexibility index (Phi) is 5.51. The van der Waals surface area contributed by atoms with Crippen molar-refractivity contribution in [2.45, 2.75) is 13.3 Å². The number of thiophene rings is 1. The Balaban J connectivity index is 1.43. The molecule has 0 spiro atoms. The molecule has 0 saturated carbocycles. The predicted octanol–water partition coefficient (Wildman–Crippen LogP) is 4.74. The van der Waals surface area contributed by atoms with Crippen LogP contribution >= 0.6 is 22.9 Å². The van der Waals surface area contributed by atoms with Gasteiger partial charge in [0.1, 0.15) is 17.0 Å². The van der Waals surface area contributed by atoms with E-state index < -0.39 is 0 Å². The van der Waals surface area contributed by atoms with Crippen LogP contribution in [0.15, 0.2) is 53.3 Å². The van der Waals surface area contributed by atoms with Crippen LogP contribution in [0.1, 0.15) is 21.0 Å². The van der Waals surface area contributed by atoms with Gasteiger partial charge in [0.15, 0.2) is 0 Å². The lowest BCUT2D eigenvalue weighted by Gasteiger charge is -2.06. The summed E-state index contributed by atoms with van der Waals surface area (Å²) < 4.78 is 7.05. The van der Waals surface area contributed by atoms with Gasteiger partial charge in [-0.25, -0.2) is 0 Å². The second-order valence-corrected chi connectivity index (χ2v) is 8.19. The van der Waals surface area contributed by atoms with E-state index in [1.165, 1.54) is 4.88 Å². The van der Waals surface area contributed by atoms with Crippen LogP contribution in [-0.4, -0.2) is 27.4 Å². The SMILES string of the molecule is Cc1onc(-c2ccccc2Cl)c1C(=O)NCCc1ccc(-c2cnn(C)c2)s1. The molecule has 0 saturated heterocycles. The molecule has 1 amide bonds. The van der Waals surface area contributed by atoms with E-state index in [4.69, 9.17) is 16.1 Å². The standard InChI is InChI=1S/C21H19ClN4O2S/c1-13-19(20(25-28-13)16-5-3-4-6-17(16)22)21(27)23-10-9-15-7-8-18(29-15)14-11-24-26(2)12-14/h3-8,11-12H,9-10H2,1-2H3,(H,23,27). The Bertz CT molecular complexity index is 1160. The van der Waals surface area contributed by atoms with E-state index in [0.717, 1.165) is 16.9 Å². The van der Waals surface area contributed by atoms with E-state index in [9.17, 15) is 4.79 Å². The van der Waals surface area contributed by atoms with Crippen molar-refractivity contribution in [1.82, 2.24) is 20.3 Å². The van der Waals surface area contributed by atoms with Crippen molar-refractivity contribution in [1.29, 1.82) is 0 Å². The molecule has 3 heterocycles. The van der Waals surface area contributed by atoms with Crippen LogP contribution in [0.3, 0.4) is 0 Å². The predicted molar refractivity (Wildman–Crippen MR) is 114 cm³/mol. The molecule has 0 fully saturated rings. The largest absolute Gasteiger partial charge is 0.360 e. The first kappa shape index (κ1) is 19.4. The van der Waals surface area contributed by atoms with Crippen LogP contribution in [0, 0.1) is 6.92 Å². The number of carbonyl (C=O) groups is 1. The zero-order chi connectivity index (χ0) is 20.4. The van der Waals surface area contributed by atoms with Gasteiger partial charge in [-0.2, -0.15) is 5.10 Å². The third-order valence-electron chi connectivity index (χ3n) is 4.53. The van der Waals surface area contributed by atoms with Crippen molar-refractivity contribution in [3.05, 3.63) is 70.0 Å². The molecule has 1 N–H and O–H groups in total. The third kappa shape index (κ3) is 4.11. The van der Waals surface area contributed by atoms with E-state index in [2.05, 4.69) is 27.7 Å². The Morgan fingerprint density at radius 3 is 2.86 bits per heavy atom. The highest BCUT2D eigenvalue weighted by atomic mass is 35.5. The Labute approximate surface area is 177 Å². The maximum absolute atomic E-state index is 12.8. The topological polar surface area (TPSA) is 73.0 Å². The Morgan fingerprint density at radius 2 is 2.10 bits per heavy atom. The highest BCUT2D eigenvalue weighted by Crippen LogP contribution is 2.31. The van der Waals surface area contributed by atoms with Crippen LogP contribution in [0.5, 0.6) is 0 Å². The number of benzene rings is 1. The summed E-state index contributed by atoms with van der Waals surface area (Å²) in [5.74, 6) is 0.245. The van der Waals surface area contributed by atoms with E-state index >= 15 is 0 Å². The molecular weight excluding hydrogens is 408 g/mol. The zero-order valence-electron chi connectivity index (χ0n) is 16.0. The quantitative estimate of drug-likeness (QED) is 0.483. The molecular formula is C21H19ClN4O2S. The minimum atomic E-state index is -0.220. The van der Waals surface area contributed by atoms with E-state index in [1.54, 1.807) is 29.0 Å². The first-order chi connectivity index (χ1) is 14.0. The first-order valence-corrected chi connectivity index (χ1v) is 10.3. The lowest BCUT2D eigenvalue weighted by Crippen LogP contribution is -2.26. The fourth-order valence-electron chi connectivity index (χ4n) is 3.08. The van der Waals surface area contributed by atoms with Gasteiger partial charge in [-0.05, 0) is 31.5 Å². The third-order valence-corrected chi connectivity index (χ3v) is 6.05. The molecule has 148 valence electrons. The summed E-state index contributed by atoms with van der Waals surface area (Å²) in [6, 6.07) is 11.4. The van der Waals surface area contributed by atoms with Crippen LogP contribution in [0.25, 0.3) is 21.7 Å². The number of nitrogens with zero attached hydrogens (tertiary/aromatic N) is 3. The van der Waals surface area contributed by atoms with E-state index in [-0.39, 0.29) is 5.91 Å². The molecule has 29 heavy (non-hydrogen) atoms. The van der Waals surface area contributed by atoms with Crippen molar-refractivity contribution in [2.75, 3.05) is 6.54 Å². The van der Waals surface area contributed by atoms with Crippen LogP contribution in [0.2, 0.25) is 5.02 Å². The fourth-order valence-corrected chi connectivity index (χ4v) is 4.29. The molecule has 0 aliphatic carbocycles. The minimum absolute atomic E-state index is 0.220. The molecule has 4 aromatic rings. The van der Waals surface area contributed by atoms with Gasteiger partial charge < -0.3 is 9.84 Å². The lowest BCUT2D eigenvalue weighted by atomic mass is 10.1. The molecule has 1 aromatic carbocycles. The summed E-state index contributed by atoms with van der Waals surface area (Å²) in [7, 11) is 1.90. The number of hydrogen-bond donors (Lipinski definition) is 1. The molecule has 0 aliphatic heterocycles. The summed E-state index contributed by atoms with van der Waals surface area (Å²) >= 11 is 7.97. The average molecular weight is 427 g/mol. The fraction of sp³-hybridized carbons (Fsp3) is 0.190. The van der Waals surface area contributed by atoms with Crippen molar-refractivity contribution < 1.29 is 9.32 Å². The number of hydrogen-bond acceptors (Lipinski definition) is 5. The molecule has 0 bridgehead atoms. The van der Waals surface area contributed by atoms with Gasteiger partial charge in [0.2, 0.25) is 0 Å². The molecule has 0 radical (unpaired) electrons. The van der Waals surface area contributed by atoms with Crippen LogP contribution in [0.4, 0.5) is 0 Å². The van der Waals surface area contributed by atoms with Gasteiger partial charge in [0.25, 0.3) is 5.91 Å². The summed E-state index contributed by atoms with van der Waals surface area (Å²) in [4.78, 5) is 15.1. The minimum Gasteiger partial charge on any atom is -0.360 e. The summed E-state index contributed by atoms with van der Waals surface area (Å²) in [6.07, 6.45) is 4.58. The van der Waals surface area contributed by atoms with Crippen molar-refractivity contribution in [3.8, 4) is 21.7 Å². The number of carbonyl (C=O) groups excluding carboxylic acids is 1. The monoisotopic (exact) mass is 426 g/mol. The second kappa shape index (κ2) is 8.23. The van der Waals surface area contributed by atoms with Gasteiger partial charge >= 0.3 is 0 Å². The second-order valence-electron chi connectivity index (χ2n) is 6.62. The van der Waals surface area contributed by atoms with Crippen molar-refractivity contribution >= 4 is 28.8 Å². The molecule has 0 atom stereocenters. The Hall–Kier alpha value is -2.90. The molecule has 0 unspecified atom stereocenters. The van der Waals surface area contributed by atoms with Crippen molar-refractivity contribution in [2.24, 2.45) is 7.05 Å². The molecule has 8 heteroatoms. The number of rotatable bonds is 6. The van der Waals surface area contributed by atoms with Gasteiger partial charge in [0, 0.05) is 40.7 Å². The van der Waals surface area contributed by atoms with Gasteiger partial charge in [-0.1, -0.05) is 35.0 Å². The highest BCUT2D eigenvalue weighted by molar-refractivity contribution is 7.15. The van der Waals surface area contributed by atoms with E-state index in [1.807, 2.05) is 37.6 Å². The Morgan fingerprint density at radius 1 is 1.28 bits per heavy atom. The van der Waals surface area contributed by atoms with Gasteiger partial charge in [-0.15, -0.1) is 11.3 Å². The van der Waals surface area contributed by atoms with Gasteiger partial charge in [-0.3, -0.25) is 9.48 Å². The molecule has 6 nitrogen and oxygen atoms in total. The van der Waals surface area contributed by atoms with E-state index in [0.29, 0.717) is 34.1 Å². The number of aryl methyl sites for hydroxylation is 2. The number of halogens is 1. The first-order valence-electron chi connectivity index (χ1n) is 9.10. The van der Waals surface area contributed by atoms with Gasteiger partial charge in [0.05, 0.1) is 11.2 Å². The average Bonchev–Trinajstić information content (AvgIpc) is 3.42. The number of amides is 1. The molecule has 4 rings (SSSR count). The summed E-state index contributed by atoms with van der Waals surface area (Å²) in [5.41, 5.74) is 2.65. The maximum atomic E-state index is 12.8. The smallest absolute Gasteiger partial charge is 0.257 e. The zero-order valence-corrected chi connectivity index (χ0v) is 17.5. The molecule has 0 aliphatic rings. The number of nitrogens with one attached hydrogen (secondary N) is 1. The lowest BCUT2D eigenvalue weighted by molar-refractivity contribution is 0.0953. The van der Waals surface area contributed by atoms with Crippen LogP contribution in [-0.2, 0) is 13.5 Å². The summed E-state index contributed by atoms with van der Waals surface area (Å²) in [6.45, 7) is 2.24. The maximum Gasteiger partial charge on any atom is 0.257 e. The van der Waals surface area contributed by atoms with Crippen molar-refractivity contribution in [3.63, 3.8) is 0 Å². The summed E-state index contributed by atoms with van der Waals surface area (Å²) in [5, 5.41) is 11.7. The number of aromatic nitrogens is 3. The molecule has 3 aromatic heterocycles. The normalized spacial score (nSPS) is 11.0. The van der Waals surface area contributed by atoms with Crippen LogP contribution < -0.4 is 5.32 Å².